The molecule has 0 aliphatic rings. The molecule has 0 radical (unpaired) electrons. The van der Waals surface area contributed by atoms with Crippen LogP contribution in [0.25, 0.3) is 0 Å². The maximum atomic E-state index is 12.0. The smallest absolute Gasteiger partial charge is 0.192 e. The lowest BCUT2D eigenvalue weighted by molar-refractivity contribution is 0.594. The van der Waals surface area contributed by atoms with E-state index in [1.165, 1.54) is 6.20 Å². The van der Waals surface area contributed by atoms with Crippen molar-refractivity contribution in [2.45, 2.75) is 26.0 Å². The summed E-state index contributed by atoms with van der Waals surface area (Å²) in [4.78, 5) is 1.42. The van der Waals surface area contributed by atoms with Crippen LogP contribution in [-0.4, -0.2) is 20.7 Å². The second-order valence-electron chi connectivity index (χ2n) is 4.65. The van der Waals surface area contributed by atoms with E-state index in [0.29, 0.717) is 0 Å². The SMILES string of the molecule is Cc1ccc(N(C)/C=C(\C#N)S(=O)(=O)C(C)C)cc1. The molecule has 1 aromatic carbocycles. The lowest BCUT2D eigenvalue weighted by atomic mass is 10.2. The van der Waals surface area contributed by atoms with Crippen molar-refractivity contribution < 1.29 is 8.42 Å². The van der Waals surface area contributed by atoms with Gasteiger partial charge in [-0.2, -0.15) is 5.26 Å². The molecule has 0 aromatic heterocycles. The number of sulfone groups is 1. The maximum Gasteiger partial charge on any atom is 0.192 e. The Kier molecular flexibility index (Phi) is 4.73. The zero-order valence-corrected chi connectivity index (χ0v) is 12.4. The number of allylic oxidation sites excluding steroid dienone is 1. The number of hydrogen-bond acceptors (Lipinski definition) is 4. The van der Waals surface area contributed by atoms with Gasteiger partial charge in [0.2, 0.25) is 0 Å². The molecule has 0 aliphatic carbocycles. The minimum Gasteiger partial charge on any atom is -0.349 e. The second-order valence-corrected chi connectivity index (χ2v) is 7.12. The minimum atomic E-state index is -3.54. The summed E-state index contributed by atoms with van der Waals surface area (Å²) in [5.41, 5.74) is 1.95. The molecule has 0 bridgehead atoms. The van der Waals surface area contributed by atoms with Gasteiger partial charge in [-0.3, -0.25) is 0 Å². The highest BCUT2D eigenvalue weighted by Crippen LogP contribution is 2.18. The molecule has 0 saturated carbocycles. The Bertz CT molecular complexity index is 608. The molecule has 1 aromatic rings. The van der Waals surface area contributed by atoms with Crippen molar-refractivity contribution in [2.24, 2.45) is 0 Å². The summed E-state index contributed by atoms with van der Waals surface area (Å²) < 4.78 is 23.9. The molecule has 0 aliphatic heterocycles. The Morgan fingerprint density at radius 1 is 1.32 bits per heavy atom. The lowest BCUT2D eigenvalue weighted by Crippen LogP contribution is -2.18. The van der Waals surface area contributed by atoms with E-state index in [1.54, 1.807) is 31.9 Å². The van der Waals surface area contributed by atoms with E-state index in [1.807, 2.05) is 31.2 Å². The molecule has 0 amide bonds. The molecule has 4 nitrogen and oxygen atoms in total. The van der Waals surface area contributed by atoms with Crippen LogP contribution in [-0.2, 0) is 9.84 Å². The monoisotopic (exact) mass is 278 g/mol. The van der Waals surface area contributed by atoms with Crippen LogP contribution in [0, 0.1) is 18.3 Å². The quantitative estimate of drug-likeness (QED) is 0.794. The second kappa shape index (κ2) is 5.89. The molecule has 0 unspecified atom stereocenters. The number of nitriles is 1. The van der Waals surface area contributed by atoms with Crippen molar-refractivity contribution in [3.8, 4) is 6.07 Å². The predicted octanol–water partition coefficient (Wildman–Crippen LogP) is 2.62. The predicted molar refractivity (Wildman–Crippen MR) is 77.3 cm³/mol. The van der Waals surface area contributed by atoms with E-state index in [9.17, 15) is 8.42 Å². The Labute approximate surface area is 114 Å². The molecule has 102 valence electrons. The van der Waals surface area contributed by atoms with Gasteiger partial charge in [0.25, 0.3) is 0 Å². The van der Waals surface area contributed by atoms with Crippen LogP contribution in [0.5, 0.6) is 0 Å². The molecule has 19 heavy (non-hydrogen) atoms. The number of nitrogens with zero attached hydrogens (tertiary/aromatic N) is 2. The zero-order valence-electron chi connectivity index (χ0n) is 11.6. The summed E-state index contributed by atoms with van der Waals surface area (Å²) in [6.45, 7) is 5.10. The first-order chi connectivity index (χ1) is 8.78. The molecule has 0 heterocycles. The van der Waals surface area contributed by atoms with Gasteiger partial charge in [0.15, 0.2) is 14.7 Å². The fraction of sp³-hybridized carbons (Fsp3) is 0.357. The van der Waals surface area contributed by atoms with Crippen molar-refractivity contribution in [1.82, 2.24) is 0 Å². The van der Waals surface area contributed by atoms with Gasteiger partial charge in [0.05, 0.1) is 5.25 Å². The summed E-state index contributed by atoms with van der Waals surface area (Å²) in [7, 11) is -1.82. The van der Waals surface area contributed by atoms with E-state index in [-0.39, 0.29) is 4.91 Å². The average Bonchev–Trinajstić information content (AvgIpc) is 2.35. The van der Waals surface area contributed by atoms with E-state index < -0.39 is 15.1 Å². The van der Waals surface area contributed by atoms with Crippen molar-refractivity contribution in [3.63, 3.8) is 0 Å². The molecule has 0 atom stereocenters. The standard InChI is InChI=1S/C14H18N2O2S/c1-11(2)19(17,18)14(9-15)10-16(4)13-7-5-12(3)6-8-13/h5-8,10-11H,1-4H3/b14-10+. The largest absolute Gasteiger partial charge is 0.349 e. The topological polar surface area (TPSA) is 61.2 Å². The van der Waals surface area contributed by atoms with Crippen LogP contribution >= 0.6 is 0 Å². The number of rotatable bonds is 4. The van der Waals surface area contributed by atoms with Gasteiger partial charge in [0.1, 0.15) is 6.07 Å². The average molecular weight is 278 g/mol. The molecule has 0 fully saturated rings. The highest BCUT2D eigenvalue weighted by Gasteiger charge is 2.22. The van der Waals surface area contributed by atoms with Gasteiger partial charge in [-0.25, -0.2) is 8.42 Å². The highest BCUT2D eigenvalue weighted by molar-refractivity contribution is 7.96. The van der Waals surface area contributed by atoms with Gasteiger partial charge >= 0.3 is 0 Å². The van der Waals surface area contributed by atoms with Crippen LogP contribution in [0.15, 0.2) is 35.4 Å². The number of aryl methyl sites for hydroxylation is 1. The first-order valence-electron chi connectivity index (χ1n) is 5.94. The normalized spacial score (nSPS) is 12.3. The van der Waals surface area contributed by atoms with Gasteiger partial charge in [0, 0.05) is 18.9 Å². The Hall–Kier alpha value is -1.80. The first-order valence-corrected chi connectivity index (χ1v) is 7.49. The van der Waals surface area contributed by atoms with Crippen LogP contribution < -0.4 is 4.90 Å². The van der Waals surface area contributed by atoms with Crippen LogP contribution in [0.3, 0.4) is 0 Å². The minimum absolute atomic E-state index is 0.217. The Balaban J connectivity index is 3.13. The Morgan fingerprint density at radius 3 is 2.26 bits per heavy atom. The third-order valence-electron chi connectivity index (χ3n) is 2.79. The number of benzene rings is 1. The Morgan fingerprint density at radius 2 is 1.84 bits per heavy atom. The maximum absolute atomic E-state index is 12.0. The van der Waals surface area contributed by atoms with Crippen molar-refractivity contribution in [2.75, 3.05) is 11.9 Å². The molecule has 1 rings (SSSR count). The van der Waals surface area contributed by atoms with Crippen molar-refractivity contribution in [3.05, 3.63) is 40.9 Å². The molecule has 0 saturated heterocycles. The van der Waals surface area contributed by atoms with Gasteiger partial charge in [-0.05, 0) is 32.9 Å². The molecule has 0 spiro atoms. The van der Waals surface area contributed by atoms with Crippen molar-refractivity contribution >= 4 is 15.5 Å². The molecular formula is C14H18N2O2S. The summed E-state index contributed by atoms with van der Waals surface area (Å²) in [6.07, 6.45) is 1.36. The van der Waals surface area contributed by atoms with Gasteiger partial charge in [-0.1, -0.05) is 17.7 Å². The van der Waals surface area contributed by atoms with E-state index in [4.69, 9.17) is 5.26 Å². The molecule has 5 heteroatoms. The summed E-state index contributed by atoms with van der Waals surface area (Å²) >= 11 is 0. The van der Waals surface area contributed by atoms with Crippen LogP contribution in [0.1, 0.15) is 19.4 Å². The van der Waals surface area contributed by atoms with E-state index in [0.717, 1.165) is 11.3 Å². The summed E-state index contributed by atoms with van der Waals surface area (Å²) in [5, 5.41) is 8.42. The van der Waals surface area contributed by atoms with Gasteiger partial charge in [-0.15, -0.1) is 0 Å². The highest BCUT2D eigenvalue weighted by atomic mass is 32.2. The fourth-order valence-corrected chi connectivity index (χ4v) is 2.39. The lowest BCUT2D eigenvalue weighted by Gasteiger charge is -2.16. The molecular weight excluding hydrogens is 260 g/mol. The van der Waals surface area contributed by atoms with E-state index >= 15 is 0 Å². The van der Waals surface area contributed by atoms with Crippen molar-refractivity contribution in [1.29, 1.82) is 5.26 Å². The number of hydrogen-bond donors (Lipinski definition) is 0. The van der Waals surface area contributed by atoms with Gasteiger partial charge < -0.3 is 4.90 Å². The zero-order chi connectivity index (χ0) is 14.6. The van der Waals surface area contributed by atoms with Crippen LogP contribution in [0.4, 0.5) is 5.69 Å². The third kappa shape index (κ3) is 3.58. The first kappa shape index (κ1) is 15.3. The fourth-order valence-electron chi connectivity index (χ4n) is 1.45. The number of anilines is 1. The van der Waals surface area contributed by atoms with E-state index in [2.05, 4.69) is 0 Å². The van der Waals surface area contributed by atoms with Crippen LogP contribution in [0.2, 0.25) is 0 Å². The summed E-state index contributed by atoms with van der Waals surface area (Å²) in [6, 6.07) is 9.39. The molecule has 0 N–H and O–H groups in total. The third-order valence-corrected chi connectivity index (χ3v) is 4.84. The summed E-state index contributed by atoms with van der Waals surface area (Å²) in [5.74, 6) is 0.